The molecule has 64 heavy (non-hydrogen) atoms. The third kappa shape index (κ3) is 10.4. The number of hydrogen-bond acceptors (Lipinski definition) is 13. The van der Waals surface area contributed by atoms with Crippen LogP contribution in [0, 0.1) is 22.7 Å². The number of benzene rings is 1. The lowest BCUT2D eigenvalue weighted by Gasteiger charge is -2.36. The van der Waals surface area contributed by atoms with Gasteiger partial charge in [0.15, 0.2) is 0 Å². The summed E-state index contributed by atoms with van der Waals surface area (Å²) in [6.07, 6.45) is 5.07. The van der Waals surface area contributed by atoms with E-state index in [1.165, 1.54) is 0 Å². The number of piperazine rings is 2. The Labute approximate surface area is 382 Å². The largest absolute Gasteiger partial charge is 0.445 e. The third-order valence-corrected chi connectivity index (χ3v) is 15.3. The molecule has 1 aromatic carbocycles. The molecule has 0 unspecified atom stereocenters. The van der Waals surface area contributed by atoms with Crippen LogP contribution in [0.5, 0.6) is 0 Å². The molecular formula is C46H56N10O6S2. The molecule has 18 heteroatoms. The van der Waals surface area contributed by atoms with Gasteiger partial charge in [-0.15, -0.1) is 22.7 Å². The number of alkyl carbamates (subject to hydrolysis) is 1. The van der Waals surface area contributed by atoms with E-state index < -0.39 is 24.2 Å². The number of fused-ring (bicyclic) bond motifs is 4. The number of amides is 5. The number of hydrogen-bond donors (Lipinski definition) is 2. The van der Waals surface area contributed by atoms with Gasteiger partial charge in [-0.2, -0.15) is 10.5 Å². The van der Waals surface area contributed by atoms with E-state index in [1.807, 2.05) is 75.2 Å². The number of thiophene rings is 2. The fraction of sp³-hybridized carbons (Fsp3) is 0.543. The van der Waals surface area contributed by atoms with E-state index in [0.717, 1.165) is 60.5 Å². The summed E-state index contributed by atoms with van der Waals surface area (Å²) in [7, 11) is 0. The molecule has 6 fully saturated rings. The van der Waals surface area contributed by atoms with Crippen LogP contribution >= 0.6 is 22.7 Å². The average molecular weight is 909 g/mol. The number of nitriles is 2. The molecule has 6 saturated heterocycles. The first-order chi connectivity index (χ1) is 31.1. The van der Waals surface area contributed by atoms with Crippen molar-refractivity contribution in [3.63, 3.8) is 0 Å². The summed E-state index contributed by atoms with van der Waals surface area (Å²) in [5, 5.41) is 25.4. The minimum absolute atomic E-state index is 0.105. The molecule has 0 aliphatic carbocycles. The topological polar surface area (TPSA) is 200 Å². The molecule has 8 heterocycles. The number of nitrogens with zero attached hydrogens (tertiary/aromatic N) is 8. The highest BCUT2D eigenvalue weighted by molar-refractivity contribution is 7.10. The van der Waals surface area contributed by atoms with E-state index in [2.05, 4.69) is 27.3 Å². The summed E-state index contributed by atoms with van der Waals surface area (Å²) in [5.74, 6) is -0.0424. The van der Waals surface area contributed by atoms with Gasteiger partial charge in [0.05, 0.1) is 31.0 Å². The molecular weight excluding hydrogens is 853 g/mol. The van der Waals surface area contributed by atoms with Crippen LogP contribution in [-0.4, -0.2) is 160 Å². The molecule has 16 nitrogen and oxygen atoms in total. The maximum Gasteiger partial charge on any atom is 0.408 e. The first-order valence-electron chi connectivity index (χ1n) is 22.3. The highest BCUT2D eigenvalue weighted by Crippen LogP contribution is 2.33. The van der Waals surface area contributed by atoms with E-state index in [9.17, 15) is 34.5 Å². The Morgan fingerprint density at radius 2 is 1.22 bits per heavy atom. The number of nitrogens with two attached hydrogens (primary N) is 1. The van der Waals surface area contributed by atoms with Crippen LogP contribution in [0.4, 0.5) is 4.79 Å². The summed E-state index contributed by atoms with van der Waals surface area (Å²) in [6.45, 7) is 4.85. The maximum absolute atomic E-state index is 13.5. The molecule has 2 aromatic heterocycles. The van der Waals surface area contributed by atoms with E-state index in [0.29, 0.717) is 58.5 Å². The number of carbonyl (C=O) groups excluding carboxylic acids is 5. The second-order valence-corrected chi connectivity index (χ2v) is 19.7. The molecule has 0 spiro atoms. The van der Waals surface area contributed by atoms with E-state index >= 15 is 0 Å². The molecule has 338 valence electrons. The highest BCUT2D eigenvalue weighted by atomic mass is 32.1. The Morgan fingerprint density at radius 1 is 0.688 bits per heavy atom. The lowest BCUT2D eigenvalue weighted by atomic mass is 10.1. The van der Waals surface area contributed by atoms with Crippen LogP contribution in [0.2, 0.25) is 0 Å². The Kier molecular flexibility index (Phi) is 14.6. The van der Waals surface area contributed by atoms with Crippen molar-refractivity contribution in [2.45, 2.75) is 106 Å². The molecule has 4 bridgehead atoms. The highest BCUT2D eigenvalue weighted by Gasteiger charge is 2.48. The minimum atomic E-state index is -0.827. The van der Waals surface area contributed by atoms with Crippen LogP contribution < -0.4 is 11.1 Å². The zero-order valence-corrected chi connectivity index (χ0v) is 37.5. The second kappa shape index (κ2) is 20.6. The summed E-state index contributed by atoms with van der Waals surface area (Å²) in [5.41, 5.74) is 7.04. The van der Waals surface area contributed by atoms with Crippen molar-refractivity contribution in [1.29, 1.82) is 10.5 Å². The zero-order chi connectivity index (χ0) is 44.7. The monoisotopic (exact) mass is 908 g/mol. The second-order valence-electron chi connectivity index (χ2n) is 17.6. The number of carbonyl (C=O) groups is 5. The summed E-state index contributed by atoms with van der Waals surface area (Å²) in [6, 6.07) is 20.2. The first-order valence-corrected chi connectivity index (χ1v) is 24.1. The molecule has 0 saturated carbocycles. The minimum Gasteiger partial charge on any atom is -0.445 e. The normalized spacial score (nSPS) is 25.7. The fourth-order valence-electron chi connectivity index (χ4n) is 10.3. The molecule has 9 rings (SSSR count). The summed E-state index contributed by atoms with van der Waals surface area (Å²) < 4.78 is 5.39. The van der Waals surface area contributed by atoms with Gasteiger partial charge in [-0.3, -0.25) is 29.0 Å². The Hall–Kier alpha value is -5.37. The van der Waals surface area contributed by atoms with E-state index in [-0.39, 0.29) is 60.4 Å². The molecule has 6 aliphatic heterocycles. The number of rotatable bonds is 13. The Balaban J connectivity index is 0.000000184. The smallest absolute Gasteiger partial charge is 0.408 e. The molecule has 6 aliphatic rings. The number of nitrogens with one attached hydrogen (secondary N) is 1. The van der Waals surface area contributed by atoms with Crippen molar-refractivity contribution in [3.8, 4) is 12.1 Å². The van der Waals surface area contributed by atoms with Gasteiger partial charge in [-0.05, 0) is 67.0 Å². The van der Waals surface area contributed by atoms with Crippen LogP contribution in [0.3, 0.4) is 0 Å². The predicted octanol–water partition coefficient (Wildman–Crippen LogP) is 2.80. The Bertz CT molecular complexity index is 2200. The zero-order valence-electron chi connectivity index (χ0n) is 35.9. The van der Waals surface area contributed by atoms with Crippen molar-refractivity contribution in [1.82, 2.24) is 34.7 Å². The Morgan fingerprint density at radius 3 is 1.70 bits per heavy atom. The van der Waals surface area contributed by atoms with Gasteiger partial charge in [0.1, 0.15) is 24.7 Å². The van der Waals surface area contributed by atoms with Crippen molar-refractivity contribution in [3.05, 3.63) is 80.7 Å². The SMILES string of the molecule is N#C[C@@H]1CCCN1C(=O)[C@@H](N)CN1C[C@@H]2C[C@H]1CN2C(=O)Cc1cccs1.N#C[C@@H]1CCCN1C(=O)[C@H](CN1C[C@@H]2C[C@H]1CN2C(=O)Cc1cccs1)NC(=O)OCc1ccccc1. The quantitative estimate of drug-likeness (QED) is 0.256. The van der Waals surface area contributed by atoms with Gasteiger partial charge in [0.2, 0.25) is 23.6 Å². The predicted molar refractivity (Wildman–Crippen MR) is 239 cm³/mol. The van der Waals surface area contributed by atoms with Crippen molar-refractivity contribution >= 4 is 52.4 Å². The van der Waals surface area contributed by atoms with Gasteiger partial charge in [0, 0.05) is 86.3 Å². The summed E-state index contributed by atoms with van der Waals surface area (Å²) >= 11 is 3.21. The third-order valence-electron chi connectivity index (χ3n) is 13.5. The summed E-state index contributed by atoms with van der Waals surface area (Å²) in [4.78, 5) is 78.0. The van der Waals surface area contributed by atoms with Gasteiger partial charge in [-0.25, -0.2) is 4.79 Å². The molecule has 3 N–H and O–H groups in total. The molecule has 8 atom stereocenters. The van der Waals surface area contributed by atoms with Gasteiger partial charge in [-0.1, -0.05) is 42.5 Å². The van der Waals surface area contributed by atoms with Crippen LogP contribution in [0.25, 0.3) is 0 Å². The molecule has 5 amide bonds. The number of likely N-dealkylation sites (tertiary alicyclic amines) is 6. The first kappa shape index (κ1) is 45.2. The van der Waals surface area contributed by atoms with Crippen LogP contribution in [-0.2, 0) is 43.4 Å². The number of ether oxygens (including phenoxy) is 1. The van der Waals surface area contributed by atoms with Gasteiger partial charge >= 0.3 is 6.09 Å². The lowest BCUT2D eigenvalue weighted by Crippen LogP contribution is -2.58. The molecule has 0 radical (unpaired) electrons. The fourth-order valence-corrected chi connectivity index (χ4v) is 11.7. The van der Waals surface area contributed by atoms with Gasteiger partial charge < -0.3 is 35.4 Å². The van der Waals surface area contributed by atoms with E-state index in [1.54, 1.807) is 32.5 Å². The standard InChI is InChI=1S/C27H31N5O4S.C19H25N5O2S/c28-14-20-8-4-10-31(20)26(34)24(29-27(35)36-18-19-6-2-1-3-7-19)17-30-15-22-12-21(30)16-32(22)25(33)13-23-9-5-11-37-23;20-9-13-3-1-5-23(13)19(26)17(21)12-22-10-15-7-14(22)11-24(15)18(25)8-16-4-2-6-27-16/h1-3,5-7,9,11,20-22,24H,4,8,10,12-13,15-18H2,(H,29,35);2,4,6,13-15,17H,1,3,5,7-8,10-12,21H2/t20-,21-,22-,24-;13-,14-,15-,17-/m00/s1. The molecule has 3 aromatic rings. The van der Waals surface area contributed by atoms with Crippen molar-refractivity contribution in [2.24, 2.45) is 5.73 Å². The van der Waals surface area contributed by atoms with E-state index in [4.69, 9.17) is 10.5 Å². The van der Waals surface area contributed by atoms with Crippen LogP contribution in [0.15, 0.2) is 65.4 Å². The van der Waals surface area contributed by atoms with Crippen molar-refractivity contribution in [2.75, 3.05) is 52.4 Å². The van der Waals surface area contributed by atoms with Gasteiger partial charge in [0.25, 0.3) is 0 Å². The maximum atomic E-state index is 13.5. The van der Waals surface area contributed by atoms with Crippen molar-refractivity contribution < 1.29 is 28.7 Å². The van der Waals surface area contributed by atoms with Crippen LogP contribution in [0.1, 0.15) is 53.8 Å². The average Bonchev–Trinajstić information content (AvgIpc) is 4.16. The lowest BCUT2D eigenvalue weighted by molar-refractivity contribution is -0.135.